The zero-order chi connectivity index (χ0) is 10.1. The van der Waals surface area contributed by atoms with E-state index in [-0.39, 0.29) is 0 Å². The van der Waals surface area contributed by atoms with Crippen LogP contribution in [0.2, 0.25) is 0 Å². The maximum absolute atomic E-state index is 10.8. The first-order chi connectivity index (χ1) is 5.94. The number of benzene rings is 1. The highest BCUT2D eigenvalue weighted by Crippen LogP contribution is 2.41. The van der Waals surface area contributed by atoms with Crippen molar-refractivity contribution in [1.82, 2.24) is 0 Å². The summed E-state index contributed by atoms with van der Waals surface area (Å²) in [4.78, 5) is 8.83. The van der Waals surface area contributed by atoms with Gasteiger partial charge in [0.05, 0.1) is 0 Å². The highest BCUT2D eigenvalue weighted by atomic mass is 31.1. The molecule has 1 aromatic rings. The van der Waals surface area contributed by atoms with Gasteiger partial charge in [0.2, 0.25) is 0 Å². The van der Waals surface area contributed by atoms with Crippen molar-refractivity contribution in [2.75, 3.05) is 5.73 Å². The van der Waals surface area contributed by atoms with Crippen molar-refractivity contribution in [2.45, 2.75) is 12.3 Å². The van der Waals surface area contributed by atoms with Crippen molar-refractivity contribution in [3.63, 3.8) is 0 Å². The molecule has 0 spiro atoms. The first-order valence-corrected chi connectivity index (χ1v) is 4.90. The topological polar surface area (TPSA) is 83.5 Å². The van der Waals surface area contributed by atoms with Gasteiger partial charge in [-0.3, -0.25) is 0 Å². The average molecular weight is 200 g/mol. The van der Waals surface area contributed by atoms with Crippen molar-refractivity contribution >= 4 is 13.7 Å². The molecule has 70 valence electrons. The van der Waals surface area contributed by atoms with Gasteiger partial charge >= 0.3 is 13.4 Å². The molecule has 2 unspecified atom stereocenters. The number of aliphatic hydroxyl groups is 1. The second-order valence-corrected chi connectivity index (χ2v) is 4.33. The summed E-state index contributed by atoms with van der Waals surface area (Å²) < 4.78 is 10.8. The Morgan fingerprint density at radius 3 is 2.23 bits per heavy atom. The van der Waals surface area contributed by atoms with Crippen LogP contribution >= 0.6 is 8.03 Å². The largest absolute Gasteiger partial charge is 0.545 e. The summed E-state index contributed by atoms with van der Waals surface area (Å²) >= 11 is 0. The molecule has 5 heteroatoms. The Kier molecular flexibility index (Phi) is 2.66. The normalized spacial score (nSPS) is 16.4. The molecule has 4 N–H and O–H groups in total. The average Bonchev–Trinajstić information content (AvgIpc) is 2.04. The standard InChI is InChI=1S/C8H10NO3P/c1-8(10,13(11)12)6-2-4-7(9)5-3-6/h2-5,10H,9H2,1H3/p+1. The summed E-state index contributed by atoms with van der Waals surface area (Å²) in [7, 11) is -2.66. The van der Waals surface area contributed by atoms with Crippen LogP contribution < -0.4 is 5.73 Å². The van der Waals surface area contributed by atoms with Gasteiger partial charge in [0.25, 0.3) is 0 Å². The van der Waals surface area contributed by atoms with Gasteiger partial charge in [-0.1, -0.05) is 0 Å². The van der Waals surface area contributed by atoms with Crippen LogP contribution in [0.5, 0.6) is 0 Å². The monoisotopic (exact) mass is 200 g/mol. The number of hydrogen-bond donors (Lipinski definition) is 3. The first-order valence-electron chi connectivity index (χ1n) is 3.69. The molecule has 0 saturated carbocycles. The quantitative estimate of drug-likeness (QED) is 0.494. The smallest absolute Gasteiger partial charge is 0.399 e. The molecule has 0 heterocycles. The van der Waals surface area contributed by atoms with Crippen molar-refractivity contribution in [3.8, 4) is 0 Å². The van der Waals surface area contributed by atoms with Crippen molar-refractivity contribution in [1.29, 1.82) is 0 Å². The van der Waals surface area contributed by atoms with Crippen molar-refractivity contribution < 1.29 is 14.6 Å². The minimum atomic E-state index is -2.66. The number of nitrogens with two attached hydrogens (primary N) is 1. The lowest BCUT2D eigenvalue weighted by atomic mass is 10.1. The van der Waals surface area contributed by atoms with Crippen LogP contribution in [0.1, 0.15) is 12.5 Å². The van der Waals surface area contributed by atoms with Gasteiger partial charge in [-0.2, -0.15) is 4.89 Å². The van der Waals surface area contributed by atoms with Crippen LogP contribution in [0.25, 0.3) is 0 Å². The maximum Gasteiger partial charge on any atom is 0.545 e. The van der Waals surface area contributed by atoms with Crippen LogP contribution in [0, 0.1) is 0 Å². The van der Waals surface area contributed by atoms with Crippen LogP contribution in [-0.2, 0) is 9.91 Å². The summed E-state index contributed by atoms with van der Waals surface area (Å²) in [5, 5.41) is 7.87. The molecular weight excluding hydrogens is 189 g/mol. The molecule has 13 heavy (non-hydrogen) atoms. The zero-order valence-electron chi connectivity index (χ0n) is 7.14. The molecule has 1 rings (SSSR count). The third-order valence-corrected chi connectivity index (χ3v) is 2.83. The fraction of sp³-hybridized carbons (Fsp3) is 0.250. The predicted molar refractivity (Wildman–Crippen MR) is 50.3 cm³/mol. The first kappa shape index (κ1) is 10.1. The fourth-order valence-corrected chi connectivity index (χ4v) is 1.28. The molecule has 2 atom stereocenters. The van der Waals surface area contributed by atoms with E-state index in [1.54, 1.807) is 12.1 Å². The van der Waals surface area contributed by atoms with Crippen LogP contribution in [-0.4, -0.2) is 10.00 Å². The number of hydrogen-bond acceptors (Lipinski definition) is 3. The third-order valence-electron chi connectivity index (χ3n) is 1.83. The Hall–Kier alpha value is -0.960. The van der Waals surface area contributed by atoms with Gasteiger partial charge in [-0.15, -0.1) is 0 Å². The molecule has 0 radical (unpaired) electrons. The van der Waals surface area contributed by atoms with E-state index in [2.05, 4.69) is 0 Å². The van der Waals surface area contributed by atoms with E-state index in [0.29, 0.717) is 11.3 Å². The van der Waals surface area contributed by atoms with E-state index in [9.17, 15) is 9.67 Å². The second-order valence-electron chi connectivity index (χ2n) is 2.92. The molecule has 0 saturated heterocycles. The lowest BCUT2D eigenvalue weighted by Crippen LogP contribution is -2.15. The summed E-state index contributed by atoms with van der Waals surface area (Å²) in [6.07, 6.45) is 0. The van der Waals surface area contributed by atoms with Crippen molar-refractivity contribution in [2.24, 2.45) is 0 Å². The summed E-state index contributed by atoms with van der Waals surface area (Å²) in [6.45, 7) is 1.29. The maximum atomic E-state index is 10.8. The minimum Gasteiger partial charge on any atom is -0.399 e. The van der Waals surface area contributed by atoms with E-state index in [4.69, 9.17) is 10.6 Å². The van der Waals surface area contributed by atoms with E-state index in [0.717, 1.165) is 0 Å². The molecule has 0 fully saturated rings. The predicted octanol–water partition coefficient (Wildman–Crippen LogP) is 1.17. The van der Waals surface area contributed by atoms with Gasteiger partial charge in [0.1, 0.15) is 0 Å². The Morgan fingerprint density at radius 1 is 1.38 bits per heavy atom. The number of anilines is 1. The lowest BCUT2D eigenvalue weighted by Gasteiger charge is -2.09. The third kappa shape index (κ3) is 2.04. The highest BCUT2D eigenvalue weighted by molar-refractivity contribution is 7.39. The summed E-state index contributed by atoms with van der Waals surface area (Å²) in [5.41, 5.74) is 6.36. The van der Waals surface area contributed by atoms with E-state index in [1.165, 1.54) is 19.1 Å². The van der Waals surface area contributed by atoms with Crippen LogP contribution in [0.3, 0.4) is 0 Å². The molecule has 0 aliphatic carbocycles. The SMILES string of the molecule is CC(O)(c1ccc(N)cc1)[P+](=O)O. The Bertz CT molecular complexity index is 321. The molecule has 4 nitrogen and oxygen atoms in total. The summed E-state index contributed by atoms with van der Waals surface area (Å²) in [5.74, 6) is 0. The van der Waals surface area contributed by atoms with Crippen LogP contribution in [0.4, 0.5) is 5.69 Å². The molecular formula is C8H11NO3P+. The summed E-state index contributed by atoms with van der Waals surface area (Å²) in [6, 6.07) is 6.20. The number of nitrogen functional groups attached to an aromatic ring is 1. The zero-order valence-corrected chi connectivity index (χ0v) is 8.03. The molecule has 0 aliphatic heterocycles. The van der Waals surface area contributed by atoms with Gasteiger partial charge in [0.15, 0.2) is 0 Å². The Labute approximate surface area is 76.9 Å². The Balaban J connectivity index is 3.08. The van der Waals surface area contributed by atoms with E-state index in [1.807, 2.05) is 0 Å². The molecule has 0 bridgehead atoms. The molecule has 0 aliphatic rings. The number of rotatable bonds is 2. The molecule has 0 aromatic heterocycles. The second kappa shape index (κ2) is 3.42. The minimum absolute atomic E-state index is 0.380. The molecule has 0 amide bonds. The lowest BCUT2D eigenvalue weighted by molar-refractivity contribution is 0.135. The highest BCUT2D eigenvalue weighted by Gasteiger charge is 2.44. The Morgan fingerprint density at radius 2 is 1.85 bits per heavy atom. The van der Waals surface area contributed by atoms with Gasteiger partial charge in [0, 0.05) is 18.2 Å². The fourth-order valence-electron chi connectivity index (χ4n) is 0.909. The van der Waals surface area contributed by atoms with Crippen molar-refractivity contribution in [3.05, 3.63) is 29.8 Å². The van der Waals surface area contributed by atoms with Gasteiger partial charge in [-0.25, -0.2) is 0 Å². The molecule has 1 aromatic carbocycles. The van der Waals surface area contributed by atoms with Gasteiger partial charge < -0.3 is 10.8 Å². The van der Waals surface area contributed by atoms with E-state index < -0.39 is 13.4 Å². The van der Waals surface area contributed by atoms with Gasteiger partial charge in [-0.05, 0) is 28.8 Å². The van der Waals surface area contributed by atoms with Crippen LogP contribution in [0.15, 0.2) is 24.3 Å². The van der Waals surface area contributed by atoms with E-state index >= 15 is 0 Å².